The van der Waals surface area contributed by atoms with Gasteiger partial charge >= 0.3 is 0 Å². The molecule has 7 nitrogen and oxygen atoms in total. The van der Waals surface area contributed by atoms with Crippen LogP contribution in [0.2, 0.25) is 0 Å². The lowest BCUT2D eigenvalue weighted by Crippen LogP contribution is -2.50. The molecule has 1 amide bonds. The maximum atomic E-state index is 12.3. The first-order valence-electron chi connectivity index (χ1n) is 6.73. The largest absolute Gasteiger partial charge is 0.352 e. The predicted molar refractivity (Wildman–Crippen MR) is 71.8 cm³/mol. The molecule has 2 aromatic heterocycles. The van der Waals surface area contributed by atoms with Gasteiger partial charge in [0.05, 0.1) is 6.04 Å². The fourth-order valence-electron chi connectivity index (χ4n) is 2.40. The minimum atomic E-state index is -0.701. The molecule has 1 aliphatic rings. The number of aromatic amines is 1. The fourth-order valence-corrected chi connectivity index (χ4v) is 2.40. The molecule has 2 heterocycles. The van der Waals surface area contributed by atoms with Crippen molar-refractivity contribution < 1.29 is 4.79 Å². The predicted octanol–water partition coefficient (Wildman–Crippen LogP) is 0.799. The van der Waals surface area contributed by atoms with Gasteiger partial charge in [0.1, 0.15) is 17.6 Å². The lowest BCUT2D eigenvalue weighted by Gasteiger charge is -2.37. The maximum Gasteiger partial charge on any atom is 0.233 e. The van der Waals surface area contributed by atoms with Crippen LogP contribution < -0.4 is 5.32 Å². The lowest BCUT2D eigenvalue weighted by molar-refractivity contribution is -0.127. The molecule has 106 valence electrons. The fraction of sp³-hybridized carbons (Fsp3) is 0.538. The second-order valence-corrected chi connectivity index (χ2v) is 5.74. The highest BCUT2D eigenvalue weighted by Crippen LogP contribution is 2.32. The Hall–Kier alpha value is -2.18. The zero-order valence-corrected chi connectivity index (χ0v) is 11.6. The summed E-state index contributed by atoms with van der Waals surface area (Å²) in [4.78, 5) is 16.4. The van der Waals surface area contributed by atoms with Crippen LogP contribution in [0.3, 0.4) is 0 Å². The monoisotopic (exact) mass is 274 g/mol. The van der Waals surface area contributed by atoms with Crippen LogP contribution in [0.1, 0.15) is 38.6 Å². The Morgan fingerprint density at radius 1 is 1.50 bits per heavy atom. The molecule has 0 aromatic carbocycles. The van der Waals surface area contributed by atoms with Gasteiger partial charge in [-0.05, 0) is 32.8 Å². The quantitative estimate of drug-likeness (QED) is 0.863. The Bertz CT molecular complexity index is 568. The molecule has 0 aliphatic heterocycles. The molecular weight excluding hydrogens is 256 g/mol. The zero-order valence-electron chi connectivity index (χ0n) is 11.6. The standard InChI is InChI=1S/C13H18N6O/c1-13(2,11-14-8-15-18-11)12(20)17-9-6-10(7-9)19-5-3-4-16-19/h3-5,8-10H,6-7H2,1-2H3,(H,17,20)(H,14,15,18). The summed E-state index contributed by atoms with van der Waals surface area (Å²) in [5, 5.41) is 13.9. The number of amides is 1. The van der Waals surface area contributed by atoms with Gasteiger partial charge in [-0.2, -0.15) is 10.2 Å². The number of nitrogens with one attached hydrogen (secondary N) is 2. The van der Waals surface area contributed by atoms with Crippen LogP contribution in [0.5, 0.6) is 0 Å². The molecule has 0 radical (unpaired) electrons. The molecule has 0 saturated heterocycles. The van der Waals surface area contributed by atoms with E-state index in [0.29, 0.717) is 11.9 Å². The lowest BCUT2D eigenvalue weighted by atomic mass is 9.84. The number of H-pyrrole nitrogens is 1. The van der Waals surface area contributed by atoms with Crippen molar-refractivity contribution in [2.24, 2.45) is 0 Å². The highest BCUT2D eigenvalue weighted by atomic mass is 16.2. The molecular formula is C13H18N6O. The third kappa shape index (κ3) is 2.19. The van der Waals surface area contributed by atoms with Crippen LogP contribution in [-0.2, 0) is 10.2 Å². The van der Waals surface area contributed by atoms with Gasteiger partial charge in [0.25, 0.3) is 0 Å². The average molecular weight is 274 g/mol. The van der Waals surface area contributed by atoms with Crippen molar-refractivity contribution in [1.29, 1.82) is 0 Å². The van der Waals surface area contributed by atoms with E-state index in [1.54, 1.807) is 6.20 Å². The number of hydrogen-bond acceptors (Lipinski definition) is 4. The summed E-state index contributed by atoms with van der Waals surface area (Å²) >= 11 is 0. The zero-order chi connectivity index (χ0) is 14.2. The Labute approximate surface area is 116 Å². The first-order valence-corrected chi connectivity index (χ1v) is 6.73. The van der Waals surface area contributed by atoms with Crippen LogP contribution in [0.4, 0.5) is 0 Å². The van der Waals surface area contributed by atoms with Crippen LogP contribution in [0.25, 0.3) is 0 Å². The Morgan fingerprint density at radius 2 is 2.30 bits per heavy atom. The van der Waals surface area contributed by atoms with Gasteiger partial charge in [-0.25, -0.2) is 4.98 Å². The molecule has 1 aliphatic carbocycles. The highest BCUT2D eigenvalue weighted by Gasteiger charge is 2.38. The number of hydrogen-bond donors (Lipinski definition) is 2. The first kappa shape index (κ1) is 12.8. The average Bonchev–Trinajstić information content (AvgIpc) is 3.04. The van der Waals surface area contributed by atoms with Crippen molar-refractivity contribution in [3.8, 4) is 0 Å². The molecule has 3 rings (SSSR count). The molecule has 0 spiro atoms. The van der Waals surface area contributed by atoms with E-state index in [1.807, 2.05) is 30.8 Å². The van der Waals surface area contributed by atoms with Gasteiger partial charge in [0, 0.05) is 18.4 Å². The molecule has 7 heteroatoms. The van der Waals surface area contributed by atoms with Crippen LogP contribution >= 0.6 is 0 Å². The van der Waals surface area contributed by atoms with Gasteiger partial charge in [0.2, 0.25) is 5.91 Å². The summed E-state index contributed by atoms with van der Waals surface area (Å²) in [5.74, 6) is 0.552. The third-order valence-corrected chi connectivity index (χ3v) is 3.92. The van der Waals surface area contributed by atoms with Gasteiger partial charge < -0.3 is 5.32 Å². The van der Waals surface area contributed by atoms with Crippen molar-refractivity contribution in [2.75, 3.05) is 0 Å². The smallest absolute Gasteiger partial charge is 0.233 e. The molecule has 0 bridgehead atoms. The van der Waals surface area contributed by atoms with Crippen molar-refractivity contribution in [1.82, 2.24) is 30.3 Å². The number of rotatable bonds is 4. The van der Waals surface area contributed by atoms with E-state index in [0.717, 1.165) is 12.8 Å². The number of carbonyl (C=O) groups excluding carboxylic acids is 1. The Kier molecular flexibility index (Phi) is 3.04. The van der Waals surface area contributed by atoms with Gasteiger partial charge in [-0.15, -0.1) is 0 Å². The molecule has 0 atom stereocenters. The van der Waals surface area contributed by atoms with E-state index >= 15 is 0 Å². The van der Waals surface area contributed by atoms with Crippen molar-refractivity contribution >= 4 is 5.91 Å². The summed E-state index contributed by atoms with van der Waals surface area (Å²) in [5.41, 5.74) is -0.701. The summed E-state index contributed by atoms with van der Waals surface area (Å²) < 4.78 is 1.95. The van der Waals surface area contributed by atoms with E-state index < -0.39 is 5.41 Å². The molecule has 0 unspecified atom stereocenters. The molecule has 1 fully saturated rings. The first-order chi connectivity index (χ1) is 9.57. The van der Waals surface area contributed by atoms with E-state index in [4.69, 9.17) is 0 Å². The minimum Gasteiger partial charge on any atom is -0.352 e. The van der Waals surface area contributed by atoms with Crippen molar-refractivity contribution in [3.63, 3.8) is 0 Å². The van der Waals surface area contributed by atoms with Crippen LogP contribution in [0.15, 0.2) is 24.8 Å². The summed E-state index contributed by atoms with van der Waals surface area (Å²) in [6.45, 7) is 3.68. The Balaban J connectivity index is 1.56. The maximum absolute atomic E-state index is 12.3. The highest BCUT2D eigenvalue weighted by molar-refractivity contribution is 5.86. The normalized spacial score (nSPS) is 22.3. The minimum absolute atomic E-state index is 0.0295. The SMILES string of the molecule is CC(C)(C(=O)NC1CC(n2cccn2)C1)c1ncn[nH]1. The molecule has 2 aromatic rings. The van der Waals surface area contributed by atoms with Gasteiger partial charge in [0.15, 0.2) is 0 Å². The number of nitrogens with zero attached hydrogens (tertiary/aromatic N) is 4. The van der Waals surface area contributed by atoms with E-state index in [-0.39, 0.29) is 11.9 Å². The van der Waals surface area contributed by atoms with Crippen LogP contribution in [-0.4, -0.2) is 36.9 Å². The van der Waals surface area contributed by atoms with E-state index in [1.165, 1.54) is 6.33 Å². The van der Waals surface area contributed by atoms with Crippen molar-refractivity contribution in [2.45, 2.75) is 44.2 Å². The van der Waals surface area contributed by atoms with Gasteiger partial charge in [-0.3, -0.25) is 14.6 Å². The second-order valence-electron chi connectivity index (χ2n) is 5.74. The Morgan fingerprint density at radius 3 is 2.90 bits per heavy atom. The van der Waals surface area contributed by atoms with Crippen LogP contribution in [0, 0.1) is 0 Å². The topological polar surface area (TPSA) is 88.5 Å². The summed E-state index contributed by atoms with van der Waals surface area (Å²) in [6, 6.07) is 2.52. The summed E-state index contributed by atoms with van der Waals surface area (Å²) in [6.07, 6.45) is 6.99. The second kappa shape index (κ2) is 4.73. The number of carbonyl (C=O) groups is 1. The van der Waals surface area contributed by atoms with Gasteiger partial charge in [-0.1, -0.05) is 0 Å². The molecule has 2 N–H and O–H groups in total. The third-order valence-electron chi connectivity index (χ3n) is 3.92. The summed E-state index contributed by atoms with van der Waals surface area (Å²) in [7, 11) is 0. The molecule has 1 saturated carbocycles. The van der Waals surface area contributed by atoms with Crippen molar-refractivity contribution in [3.05, 3.63) is 30.6 Å². The van der Waals surface area contributed by atoms with E-state index in [9.17, 15) is 4.79 Å². The molecule has 20 heavy (non-hydrogen) atoms. The van der Waals surface area contributed by atoms with E-state index in [2.05, 4.69) is 25.6 Å². The number of aromatic nitrogens is 5.